The van der Waals surface area contributed by atoms with Crippen LogP contribution in [-0.2, 0) is 4.84 Å². The molecule has 0 atom stereocenters. The van der Waals surface area contributed by atoms with E-state index in [1.807, 2.05) is 0 Å². The highest BCUT2D eigenvalue weighted by Gasteiger charge is 2.30. The zero-order valence-corrected chi connectivity index (χ0v) is 11.6. The van der Waals surface area contributed by atoms with E-state index >= 15 is 0 Å². The van der Waals surface area contributed by atoms with Gasteiger partial charge < -0.3 is 4.74 Å². The molecule has 1 aliphatic heterocycles. The van der Waals surface area contributed by atoms with E-state index in [1.54, 1.807) is 19.2 Å². The summed E-state index contributed by atoms with van der Waals surface area (Å²) >= 11 is 0. The van der Waals surface area contributed by atoms with Crippen LogP contribution in [0.4, 0.5) is 4.39 Å². The molecule has 19 heavy (non-hydrogen) atoms. The van der Waals surface area contributed by atoms with Gasteiger partial charge in [0.25, 0.3) is 0 Å². The molecule has 4 heteroatoms. The van der Waals surface area contributed by atoms with Gasteiger partial charge in [0.1, 0.15) is 31.2 Å². The van der Waals surface area contributed by atoms with Crippen molar-refractivity contribution < 1.29 is 18.6 Å². The van der Waals surface area contributed by atoms with Gasteiger partial charge in [-0.25, -0.2) is 9.23 Å². The van der Waals surface area contributed by atoms with Crippen LogP contribution in [0.15, 0.2) is 24.3 Å². The highest BCUT2D eigenvalue weighted by molar-refractivity contribution is 5.21. The van der Waals surface area contributed by atoms with Gasteiger partial charge in [0.15, 0.2) is 0 Å². The highest BCUT2D eigenvalue weighted by atomic mass is 19.1. The minimum absolute atomic E-state index is 0.232. The Morgan fingerprint density at radius 2 is 1.79 bits per heavy atom. The molecule has 0 aromatic heterocycles. The van der Waals surface area contributed by atoms with Crippen molar-refractivity contribution in [3.05, 3.63) is 30.1 Å². The van der Waals surface area contributed by atoms with Crippen molar-refractivity contribution in [1.29, 1.82) is 0 Å². The van der Waals surface area contributed by atoms with Crippen molar-refractivity contribution >= 4 is 0 Å². The zero-order valence-electron chi connectivity index (χ0n) is 11.6. The van der Waals surface area contributed by atoms with E-state index in [0.717, 1.165) is 36.5 Å². The van der Waals surface area contributed by atoms with Crippen LogP contribution in [0.2, 0.25) is 0 Å². The number of ether oxygens (including phenoxy) is 1. The molecule has 0 spiro atoms. The summed E-state index contributed by atoms with van der Waals surface area (Å²) in [6.45, 7) is 3.84. The molecular formula is C15H23FNO2+. The van der Waals surface area contributed by atoms with Crippen molar-refractivity contribution in [3.8, 4) is 5.75 Å². The standard InChI is InChI=1S/C15H23FNO2/c1-18-17(10-3-2-4-11-17)12-5-13-19-15-8-6-14(16)7-9-15/h6-9H,2-5,10-13H2,1H3/q+1. The predicted molar refractivity (Wildman–Crippen MR) is 72.2 cm³/mol. The van der Waals surface area contributed by atoms with Crippen molar-refractivity contribution in [1.82, 2.24) is 0 Å². The molecule has 1 saturated heterocycles. The Kier molecular flexibility index (Phi) is 5.16. The topological polar surface area (TPSA) is 18.5 Å². The van der Waals surface area contributed by atoms with Crippen LogP contribution in [0.1, 0.15) is 25.7 Å². The lowest BCUT2D eigenvalue weighted by Gasteiger charge is -2.37. The molecule has 0 aliphatic carbocycles. The van der Waals surface area contributed by atoms with E-state index < -0.39 is 0 Å². The number of hydroxylamine groups is 3. The van der Waals surface area contributed by atoms with Crippen LogP contribution in [-0.4, -0.2) is 38.0 Å². The number of likely N-dealkylation sites (tertiary alicyclic amines) is 1. The fraction of sp³-hybridized carbons (Fsp3) is 0.600. The second-order valence-corrected chi connectivity index (χ2v) is 5.13. The minimum atomic E-state index is -0.232. The SMILES string of the molecule is CO[N+]1(CCCOc2ccc(F)cc2)CCCCC1. The highest BCUT2D eigenvalue weighted by Crippen LogP contribution is 2.20. The molecule has 0 amide bonds. The number of quaternary nitrogens is 1. The van der Waals surface area contributed by atoms with Crippen LogP contribution in [0.25, 0.3) is 0 Å². The molecule has 1 heterocycles. The van der Waals surface area contributed by atoms with E-state index in [9.17, 15) is 4.39 Å². The van der Waals surface area contributed by atoms with Crippen LogP contribution < -0.4 is 4.74 Å². The van der Waals surface area contributed by atoms with Gasteiger partial charge >= 0.3 is 0 Å². The Balaban J connectivity index is 1.72. The van der Waals surface area contributed by atoms with Gasteiger partial charge in [-0.05, 0) is 43.5 Å². The molecule has 1 fully saturated rings. The first kappa shape index (κ1) is 14.3. The summed E-state index contributed by atoms with van der Waals surface area (Å²) in [6, 6.07) is 6.17. The van der Waals surface area contributed by atoms with E-state index in [2.05, 4.69) is 0 Å². The van der Waals surface area contributed by atoms with Crippen molar-refractivity contribution in [2.45, 2.75) is 25.7 Å². The molecule has 3 nitrogen and oxygen atoms in total. The third kappa shape index (κ3) is 4.18. The van der Waals surface area contributed by atoms with Gasteiger partial charge in [-0.15, -0.1) is 0 Å². The van der Waals surface area contributed by atoms with Gasteiger partial charge in [-0.1, -0.05) is 0 Å². The molecule has 0 radical (unpaired) electrons. The second kappa shape index (κ2) is 6.87. The average molecular weight is 268 g/mol. The predicted octanol–water partition coefficient (Wildman–Crippen LogP) is 3.16. The Bertz CT molecular complexity index is 374. The first-order chi connectivity index (χ1) is 9.24. The third-order valence-electron chi connectivity index (χ3n) is 3.81. The molecule has 0 N–H and O–H groups in total. The molecule has 0 unspecified atom stereocenters. The summed E-state index contributed by atoms with van der Waals surface area (Å²) in [4.78, 5) is 5.68. The number of halogens is 1. The first-order valence-corrected chi connectivity index (χ1v) is 7.04. The van der Waals surface area contributed by atoms with E-state index in [0.29, 0.717) is 6.61 Å². The number of nitrogens with zero attached hydrogens (tertiary/aromatic N) is 1. The lowest BCUT2D eigenvalue weighted by Crippen LogP contribution is -2.51. The lowest BCUT2D eigenvalue weighted by atomic mass is 10.1. The van der Waals surface area contributed by atoms with Crippen LogP contribution >= 0.6 is 0 Å². The van der Waals surface area contributed by atoms with Gasteiger partial charge in [0.05, 0.1) is 13.7 Å². The molecule has 1 aliphatic rings. The van der Waals surface area contributed by atoms with Crippen LogP contribution in [0.3, 0.4) is 0 Å². The maximum absolute atomic E-state index is 12.7. The Morgan fingerprint density at radius 3 is 2.42 bits per heavy atom. The summed E-state index contributed by atoms with van der Waals surface area (Å²) in [7, 11) is 1.80. The molecule has 0 saturated carbocycles. The number of hydrogen-bond donors (Lipinski definition) is 0. The van der Waals surface area contributed by atoms with Crippen molar-refractivity contribution in [2.75, 3.05) is 33.4 Å². The smallest absolute Gasteiger partial charge is 0.123 e. The normalized spacial score (nSPS) is 18.2. The summed E-state index contributed by atoms with van der Waals surface area (Å²) in [5.74, 6) is 0.494. The average Bonchev–Trinajstić information content (AvgIpc) is 2.46. The van der Waals surface area contributed by atoms with Gasteiger partial charge in [0.2, 0.25) is 0 Å². The van der Waals surface area contributed by atoms with Gasteiger partial charge in [-0.2, -0.15) is 4.65 Å². The second-order valence-electron chi connectivity index (χ2n) is 5.13. The molecule has 106 valence electrons. The summed E-state index contributed by atoms with van der Waals surface area (Å²) < 4.78 is 19.1. The first-order valence-electron chi connectivity index (χ1n) is 7.04. The molecule has 2 rings (SSSR count). The quantitative estimate of drug-likeness (QED) is 0.583. The fourth-order valence-corrected chi connectivity index (χ4v) is 2.66. The number of rotatable bonds is 6. The lowest BCUT2D eigenvalue weighted by molar-refractivity contribution is -1.10. The molecule has 1 aromatic carbocycles. The Labute approximate surface area is 114 Å². The Morgan fingerprint density at radius 1 is 1.11 bits per heavy atom. The number of benzene rings is 1. The molecular weight excluding hydrogens is 245 g/mol. The molecule has 0 bridgehead atoms. The largest absolute Gasteiger partial charge is 0.493 e. The maximum atomic E-state index is 12.7. The van der Waals surface area contributed by atoms with Gasteiger partial charge in [-0.3, -0.25) is 0 Å². The summed E-state index contributed by atoms with van der Waals surface area (Å²) in [6.07, 6.45) is 4.75. The number of hydrogen-bond acceptors (Lipinski definition) is 2. The summed E-state index contributed by atoms with van der Waals surface area (Å²) in [5, 5.41) is 0. The van der Waals surface area contributed by atoms with Crippen LogP contribution in [0.5, 0.6) is 5.75 Å². The van der Waals surface area contributed by atoms with E-state index in [1.165, 1.54) is 31.4 Å². The minimum Gasteiger partial charge on any atom is -0.493 e. The van der Waals surface area contributed by atoms with Crippen LogP contribution in [0, 0.1) is 5.82 Å². The van der Waals surface area contributed by atoms with Gasteiger partial charge in [0, 0.05) is 6.42 Å². The zero-order chi connectivity index (χ0) is 13.6. The fourth-order valence-electron chi connectivity index (χ4n) is 2.66. The number of piperidine rings is 1. The molecule has 1 aromatic rings. The van der Waals surface area contributed by atoms with E-state index in [-0.39, 0.29) is 5.82 Å². The van der Waals surface area contributed by atoms with Crippen molar-refractivity contribution in [3.63, 3.8) is 0 Å². The third-order valence-corrected chi connectivity index (χ3v) is 3.81. The Hall–Kier alpha value is -1.13. The monoisotopic (exact) mass is 268 g/mol. The summed E-state index contributed by atoms with van der Waals surface area (Å²) in [5.41, 5.74) is 0. The van der Waals surface area contributed by atoms with Crippen molar-refractivity contribution in [2.24, 2.45) is 0 Å². The maximum Gasteiger partial charge on any atom is 0.123 e. The van der Waals surface area contributed by atoms with E-state index in [4.69, 9.17) is 9.57 Å².